The number of nitrogens with zero attached hydrogens (tertiary/aromatic N) is 2. The number of halogens is 1. The van der Waals surface area contributed by atoms with E-state index in [1.165, 1.54) is 30.5 Å². The molecule has 9 heteroatoms. The Morgan fingerprint density at radius 2 is 1.97 bits per heavy atom. The number of amides is 1. The van der Waals surface area contributed by atoms with E-state index in [9.17, 15) is 14.9 Å². The van der Waals surface area contributed by atoms with Gasteiger partial charge in [-0.3, -0.25) is 14.9 Å². The Kier molecular flexibility index (Phi) is 5.20. The van der Waals surface area contributed by atoms with Crippen molar-refractivity contribution in [2.45, 2.75) is 6.92 Å². The zero-order chi connectivity index (χ0) is 21.3. The smallest absolute Gasteiger partial charge is 0.307 e. The number of furan rings is 2. The summed E-state index contributed by atoms with van der Waals surface area (Å²) in [5.41, 5.74) is 4.67. The van der Waals surface area contributed by atoms with Crippen LogP contribution in [0.3, 0.4) is 0 Å². The summed E-state index contributed by atoms with van der Waals surface area (Å²) in [7, 11) is 0. The minimum atomic E-state index is -0.585. The second-order valence-corrected chi connectivity index (χ2v) is 7.33. The van der Waals surface area contributed by atoms with Crippen LogP contribution in [0, 0.1) is 17.0 Å². The summed E-state index contributed by atoms with van der Waals surface area (Å²) in [6, 6.07) is 15.0. The third-order valence-corrected chi connectivity index (χ3v) is 4.97. The maximum Gasteiger partial charge on any atom is 0.307 e. The monoisotopic (exact) mass is 467 g/mol. The zero-order valence-corrected chi connectivity index (χ0v) is 17.2. The van der Waals surface area contributed by atoms with E-state index in [4.69, 9.17) is 8.83 Å². The molecule has 1 N–H and O–H groups in total. The van der Waals surface area contributed by atoms with Crippen molar-refractivity contribution in [1.29, 1.82) is 0 Å². The number of rotatable bonds is 5. The number of aryl methyl sites for hydroxylation is 1. The summed E-state index contributed by atoms with van der Waals surface area (Å²) in [4.78, 5) is 22.6. The van der Waals surface area contributed by atoms with Crippen LogP contribution in [0.4, 0.5) is 5.69 Å². The van der Waals surface area contributed by atoms with Gasteiger partial charge in [-0.15, -0.1) is 0 Å². The largest absolute Gasteiger partial charge is 0.455 e. The predicted molar refractivity (Wildman–Crippen MR) is 115 cm³/mol. The van der Waals surface area contributed by atoms with Gasteiger partial charge in [0.05, 0.1) is 11.1 Å². The van der Waals surface area contributed by atoms with Gasteiger partial charge in [0.25, 0.3) is 5.69 Å². The van der Waals surface area contributed by atoms with Crippen LogP contribution in [0.25, 0.3) is 22.3 Å². The molecule has 4 rings (SSSR count). The van der Waals surface area contributed by atoms with Gasteiger partial charge in [0, 0.05) is 27.6 Å². The van der Waals surface area contributed by atoms with E-state index in [0.717, 1.165) is 15.6 Å². The number of hydrazone groups is 1. The van der Waals surface area contributed by atoms with Crippen LogP contribution in [-0.4, -0.2) is 17.0 Å². The molecule has 4 aromatic rings. The van der Waals surface area contributed by atoms with Gasteiger partial charge >= 0.3 is 5.91 Å². The van der Waals surface area contributed by atoms with Crippen molar-refractivity contribution in [3.8, 4) is 11.3 Å². The lowest BCUT2D eigenvalue weighted by Crippen LogP contribution is -2.16. The summed E-state index contributed by atoms with van der Waals surface area (Å²) in [6.07, 6.45) is 1.37. The van der Waals surface area contributed by atoms with Crippen molar-refractivity contribution < 1.29 is 18.6 Å². The van der Waals surface area contributed by atoms with Crippen molar-refractivity contribution in [3.05, 3.63) is 86.3 Å². The standard InChI is InChI=1S/C21H14BrN3O5/c1-12-2-5-16(17(22)8-12)19-7-4-15(29-19)11-23-24-21(26)20-10-13-9-14(25(27)28)3-6-18(13)30-20/h2-11H,1H3,(H,24,26)/b23-11+. The van der Waals surface area contributed by atoms with E-state index in [1.54, 1.807) is 6.07 Å². The first-order valence-corrected chi connectivity index (χ1v) is 9.58. The summed E-state index contributed by atoms with van der Waals surface area (Å²) >= 11 is 3.52. The van der Waals surface area contributed by atoms with Crippen LogP contribution in [0.5, 0.6) is 0 Å². The molecule has 150 valence electrons. The predicted octanol–water partition coefficient (Wildman–Crippen LogP) is 5.44. The Bertz CT molecular complexity index is 1310. The zero-order valence-electron chi connectivity index (χ0n) is 15.6. The minimum Gasteiger partial charge on any atom is -0.455 e. The van der Waals surface area contributed by atoms with Crippen molar-refractivity contribution in [2.75, 3.05) is 0 Å². The number of carbonyl (C=O) groups is 1. The van der Waals surface area contributed by atoms with Crippen LogP contribution in [0.2, 0.25) is 0 Å². The van der Waals surface area contributed by atoms with Gasteiger partial charge in [-0.05, 0) is 48.9 Å². The minimum absolute atomic E-state index is 0.00799. The summed E-state index contributed by atoms with van der Waals surface area (Å²) in [5.74, 6) is 0.524. The molecule has 0 saturated carbocycles. The molecule has 30 heavy (non-hydrogen) atoms. The second-order valence-electron chi connectivity index (χ2n) is 6.47. The molecule has 0 spiro atoms. The Morgan fingerprint density at radius 1 is 1.13 bits per heavy atom. The van der Waals surface area contributed by atoms with Gasteiger partial charge in [0.2, 0.25) is 0 Å². The fourth-order valence-electron chi connectivity index (χ4n) is 2.85. The Balaban J connectivity index is 1.46. The molecule has 0 aliphatic carbocycles. The highest BCUT2D eigenvalue weighted by Crippen LogP contribution is 2.30. The third kappa shape index (κ3) is 4.01. The van der Waals surface area contributed by atoms with Crippen molar-refractivity contribution in [2.24, 2.45) is 5.10 Å². The second kappa shape index (κ2) is 7.96. The number of hydrogen-bond acceptors (Lipinski definition) is 6. The highest BCUT2D eigenvalue weighted by molar-refractivity contribution is 9.10. The molecule has 2 heterocycles. The number of nitrogens with one attached hydrogen (secondary N) is 1. The first-order chi connectivity index (χ1) is 14.4. The van der Waals surface area contributed by atoms with Crippen LogP contribution in [0.15, 0.2) is 73.0 Å². The summed E-state index contributed by atoms with van der Waals surface area (Å²) < 4.78 is 12.1. The van der Waals surface area contributed by atoms with E-state index in [-0.39, 0.29) is 11.4 Å². The molecule has 0 radical (unpaired) electrons. The topological polar surface area (TPSA) is 111 Å². The quantitative estimate of drug-likeness (QED) is 0.238. The molecule has 0 atom stereocenters. The summed E-state index contributed by atoms with van der Waals surface area (Å²) in [6.45, 7) is 2.00. The number of benzene rings is 2. The summed E-state index contributed by atoms with van der Waals surface area (Å²) in [5, 5.41) is 15.2. The SMILES string of the molecule is Cc1ccc(-c2ccc(/C=N/NC(=O)c3cc4cc([N+](=O)[O-])ccc4o3)o2)c(Br)c1. The van der Waals surface area contributed by atoms with E-state index in [2.05, 4.69) is 26.5 Å². The van der Waals surface area contributed by atoms with E-state index in [0.29, 0.717) is 22.5 Å². The Morgan fingerprint density at radius 3 is 2.73 bits per heavy atom. The molecule has 0 saturated heterocycles. The van der Waals surface area contributed by atoms with Crippen molar-refractivity contribution >= 4 is 44.7 Å². The first-order valence-electron chi connectivity index (χ1n) is 8.78. The highest BCUT2D eigenvalue weighted by Gasteiger charge is 2.15. The van der Waals surface area contributed by atoms with Gasteiger partial charge < -0.3 is 8.83 Å². The van der Waals surface area contributed by atoms with Gasteiger partial charge in [0.15, 0.2) is 5.76 Å². The lowest BCUT2D eigenvalue weighted by atomic mass is 10.1. The molecule has 0 unspecified atom stereocenters. The van der Waals surface area contributed by atoms with Gasteiger partial charge in [-0.25, -0.2) is 5.43 Å². The van der Waals surface area contributed by atoms with Crippen LogP contribution in [-0.2, 0) is 0 Å². The number of carbonyl (C=O) groups excluding carboxylic acids is 1. The molecule has 0 aliphatic rings. The van der Waals surface area contributed by atoms with E-state index in [1.807, 2.05) is 31.2 Å². The number of non-ortho nitro benzene ring substituents is 1. The molecule has 8 nitrogen and oxygen atoms in total. The average Bonchev–Trinajstić information content (AvgIpc) is 3.34. The molecule has 1 amide bonds. The van der Waals surface area contributed by atoms with Crippen molar-refractivity contribution in [3.63, 3.8) is 0 Å². The molecule has 2 aromatic carbocycles. The maximum atomic E-state index is 12.2. The Hall–Kier alpha value is -3.72. The fourth-order valence-corrected chi connectivity index (χ4v) is 3.54. The van der Waals surface area contributed by atoms with Crippen LogP contribution >= 0.6 is 15.9 Å². The molecule has 0 fully saturated rings. The highest BCUT2D eigenvalue weighted by atomic mass is 79.9. The number of nitro benzene ring substituents is 1. The van der Waals surface area contributed by atoms with Gasteiger partial charge in [0.1, 0.15) is 17.1 Å². The van der Waals surface area contributed by atoms with Crippen LogP contribution in [0.1, 0.15) is 21.9 Å². The lowest BCUT2D eigenvalue weighted by molar-refractivity contribution is -0.384. The molecule has 0 aliphatic heterocycles. The molecular weight excluding hydrogens is 454 g/mol. The Labute approximate surface area is 178 Å². The lowest BCUT2D eigenvalue weighted by Gasteiger charge is -2.01. The van der Waals surface area contributed by atoms with E-state index >= 15 is 0 Å². The third-order valence-electron chi connectivity index (χ3n) is 4.31. The van der Waals surface area contributed by atoms with E-state index < -0.39 is 10.8 Å². The van der Waals surface area contributed by atoms with Crippen LogP contribution < -0.4 is 5.43 Å². The molecule has 0 bridgehead atoms. The molecular formula is C21H14BrN3O5. The van der Waals surface area contributed by atoms with Gasteiger partial charge in [-0.2, -0.15) is 5.10 Å². The fraction of sp³-hybridized carbons (Fsp3) is 0.0476. The molecule has 2 aromatic heterocycles. The number of nitro groups is 1. The number of hydrogen-bond donors (Lipinski definition) is 1. The van der Waals surface area contributed by atoms with Gasteiger partial charge in [-0.1, -0.05) is 22.0 Å². The first kappa shape index (κ1) is 19.6. The van der Waals surface area contributed by atoms with Crippen molar-refractivity contribution in [1.82, 2.24) is 5.43 Å². The maximum absolute atomic E-state index is 12.2. The average molecular weight is 468 g/mol. The normalized spacial score (nSPS) is 11.3. The number of fused-ring (bicyclic) bond motifs is 1.